The number of anilines is 2. The van der Waals surface area contributed by atoms with Gasteiger partial charge in [0.1, 0.15) is 5.69 Å². The first kappa shape index (κ1) is 16.5. The molecule has 1 amide bonds. The molecule has 0 aliphatic carbocycles. The lowest BCUT2D eigenvalue weighted by molar-refractivity contribution is 0.0600. The Kier molecular flexibility index (Phi) is 5.30. The van der Waals surface area contributed by atoms with E-state index in [0.29, 0.717) is 22.6 Å². The van der Waals surface area contributed by atoms with E-state index in [9.17, 15) is 9.59 Å². The molecule has 0 atom stereocenters. The topological polar surface area (TPSA) is 80.3 Å². The molecule has 1 aromatic carbocycles. The zero-order valence-corrected chi connectivity index (χ0v) is 13.3. The molecule has 2 N–H and O–H groups in total. The number of nitrogens with one attached hydrogen (secondary N) is 2. The van der Waals surface area contributed by atoms with Gasteiger partial charge in [0.15, 0.2) is 0 Å². The molecule has 6 nitrogen and oxygen atoms in total. The van der Waals surface area contributed by atoms with Crippen LogP contribution in [-0.4, -0.2) is 30.0 Å². The second-order valence-electron chi connectivity index (χ2n) is 5.26. The average Bonchev–Trinajstić information content (AvgIpc) is 2.54. The molecule has 120 valence electrons. The highest BCUT2D eigenvalue weighted by Gasteiger charge is 2.10. The fourth-order valence-electron chi connectivity index (χ4n) is 1.98. The molecule has 0 aliphatic rings. The van der Waals surface area contributed by atoms with E-state index in [4.69, 9.17) is 4.74 Å². The third-order valence-electron chi connectivity index (χ3n) is 2.98. The summed E-state index contributed by atoms with van der Waals surface area (Å²) in [4.78, 5) is 27.6. The van der Waals surface area contributed by atoms with Crippen molar-refractivity contribution >= 4 is 23.3 Å². The molecule has 2 rings (SSSR count). The number of carbonyl (C=O) groups is 2. The maximum atomic E-state index is 12.0. The molecule has 0 saturated carbocycles. The second-order valence-corrected chi connectivity index (χ2v) is 5.26. The summed E-state index contributed by atoms with van der Waals surface area (Å²) in [6.07, 6.45) is 1.56. The first-order chi connectivity index (χ1) is 11.0. The Bertz CT molecular complexity index is 714. The molecule has 6 heteroatoms. The van der Waals surface area contributed by atoms with Gasteiger partial charge >= 0.3 is 5.97 Å². The molecule has 0 aliphatic heterocycles. The molecule has 23 heavy (non-hydrogen) atoms. The molecule has 0 spiro atoms. The van der Waals surface area contributed by atoms with Crippen molar-refractivity contribution < 1.29 is 14.3 Å². The zero-order chi connectivity index (χ0) is 16.8. The molecule has 0 unspecified atom stereocenters. The van der Waals surface area contributed by atoms with Gasteiger partial charge in [0.2, 0.25) is 0 Å². The summed E-state index contributed by atoms with van der Waals surface area (Å²) in [6.45, 7) is 3.77. The molecule has 0 saturated heterocycles. The van der Waals surface area contributed by atoms with Gasteiger partial charge in [-0.05, 0) is 44.2 Å². The van der Waals surface area contributed by atoms with E-state index in [2.05, 4.69) is 15.6 Å². The smallest absolute Gasteiger partial charge is 0.337 e. The van der Waals surface area contributed by atoms with Gasteiger partial charge in [-0.25, -0.2) is 4.79 Å². The van der Waals surface area contributed by atoms with Crippen LogP contribution in [0, 0.1) is 0 Å². The predicted octanol–water partition coefficient (Wildman–Crippen LogP) is 2.75. The average molecular weight is 313 g/mol. The Morgan fingerprint density at radius 2 is 1.87 bits per heavy atom. The number of benzene rings is 1. The fraction of sp³-hybridized carbons (Fsp3) is 0.235. The van der Waals surface area contributed by atoms with E-state index >= 15 is 0 Å². The maximum Gasteiger partial charge on any atom is 0.337 e. The van der Waals surface area contributed by atoms with Crippen molar-refractivity contribution in [2.75, 3.05) is 12.4 Å². The van der Waals surface area contributed by atoms with Crippen molar-refractivity contribution in [3.8, 4) is 0 Å². The number of amides is 1. The largest absolute Gasteiger partial charge is 0.465 e. The Hall–Kier alpha value is -2.89. The number of pyridine rings is 1. The van der Waals surface area contributed by atoms with Gasteiger partial charge < -0.3 is 15.4 Å². The van der Waals surface area contributed by atoms with E-state index in [0.717, 1.165) is 0 Å². The summed E-state index contributed by atoms with van der Waals surface area (Å²) in [5.41, 5.74) is 2.20. The van der Waals surface area contributed by atoms with Crippen molar-refractivity contribution in [3.05, 3.63) is 53.9 Å². The van der Waals surface area contributed by atoms with E-state index in [1.807, 2.05) is 19.9 Å². The maximum absolute atomic E-state index is 12.0. The summed E-state index contributed by atoms with van der Waals surface area (Å²) in [6, 6.07) is 10.4. The number of nitrogens with zero attached hydrogens (tertiary/aromatic N) is 1. The van der Waals surface area contributed by atoms with Crippen molar-refractivity contribution in [1.82, 2.24) is 10.3 Å². The fourth-order valence-corrected chi connectivity index (χ4v) is 1.98. The van der Waals surface area contributed by atoms with Gasteiger partial charge in [0.25, 0.3) is 5.91 Å². The van der Waals surface area contributed by atoms with Crippen LogP contribution >= 0.6 is 0 Å². The molecule has 2 aromatic rings. The van der Waals surface area contributed by atoms with Crippen LogP contribution in [-0.2, 0) is 4.74 Å². The quantitative estimate of drug-likeness (QED) is 0.830. The normalized spacial score (nSPS) is 10.3. The third kappa shape index (κ3) is 4.54. The minimum Gasteiger partial charge on any atom is -0.465 e. The Labute approximate surface area is 134 Å². The first-order valence-corrected chi connectivity index (χ1v) is 7.22. The van der Waals surface area contributed by atoms with Gasteiger partial charge in [-0.2, -0.15) is 0 Å². The lowest BCUT2D eigenvalue weighted by Gasteiger charge is -2.10. The van der Waals surface area contributed by atoms with Gasteiger partial charge in [0.05, 0.1) is 12.7 Å². The highest BCUT2D eigenvalue weighted by molar-refractivity contribution is 5.93. The minimum absolute atomic E-state index is 0.0395. The Morgan fingerprint density at radius 1 is 1.13 bits per heavy atom. The number of ether oxygens (including phenoxy) is 1. The van der Waals surface area contributed by atoms with E-state index in [-0.39, 0.29) is 11.9 Å². The first-order valence-electron chi connectivity index (χ1n) is 7.22. The SMILES string of the molecule is COC(=O)c1cccc(Nc2ccnc(C(=O)NC(C)C)c2)c1. The van der Waals surface area contributed by atoms with Crippen LogP contribution in [0.3, 0.4) is 0 Å². The van der Waals surface area contributed by atoms with Crippen molar-refractivity contribution in [3.63, 3.8) is 0 Å². The van der Waals surface area contributed by atoms with Crippen LogP contribution in [0.15, 0.2) is 42.6 Å². The lowest BCUT2D eigenvalue weighted by Crippen LogP contribution is -2.30. The number of hydrogen-bond donors (Lipinski definition) is 2. The Balaban J connectivity index is 2.17. The molecule has 1 aromatic heterocycles. The monoisotopic (exact) mass is 313 g/mol. The highest BCUT2D eigenvalue weighted by atomic mass is 16.5. The van der Waals surface area contributed by atoms with Crippen molar-refractivity contribution in [2.45, 2.75) is 19.9 Å². The summed E-state index contributed by atoms with van der Waals surface area (Å²) >= 11 is 0. The van der Waals surface area contributed by atoms with E-state index < -0.39 is 5.97 Å². The number of esters is 1. The van der Waals surface area contributed by atoms with Crippen molar-refractivity contribution in [1.29, 1.82) is 0 Å². The molecule has 0 radical (unpaired) electrons. The molecule has 1 heterocycles. The Morgan fingerprint density at radius 3 is 2.57 bits per heavy atom. The second kappa shape index (κ2) is 7.40. The highest BCUT2D eigenvalue weighted by Crippen LogP contribution is 2.18. The van der Waals surface area contributed by atoms with Crippen LogP contribution in [0.2, 0.25) is 0 Å². The van der Waals surface area contributed by atoms with Gasteiger partial charge in [-0.3, -0.25) is 9.78 Å². The van der Waals surface area contributed by atoms with Crippen molar-refractivity contribution in [2.24, 2.45) is 0 Å². The summed E-state index contributed by atoms with van der Waals surface area (Å²) in [7, 11) is 1.34. The van der Waals surface area contributed by atoms with Crippen LogP contribution in [0.4, 0.5) is 11.4 Å². The van der Waals surface area contributed by atoms with Crippen LogP contribution in [0.5, 0.6) is 0 Å². The predicted molar refractivity (Wildman–Crippen MR) is 87.9 cm³/mol. The number of hydrogen-bond acceptors (Lipinski definition) is 5. The zero-order valence-electron chi connectivity index (χ0n) is 13.3. The summed E-state index contributed by atoms with van der Waals surface area (Å²) < 4.78 is 4.70. The van der Waals surface area contributed by atoms with Crippen LogP contribution in [0.1, 0.15) is 34.7 Å². The van der Waals surface area contributed by atoms with Crippen LogP contribution < -0.4 is 10.6 Å². The summed E-state index contributed by atoms with van der Waals surface area (Å²) in [5, 5.41) is 5.94. The van der Waals surface area contributed by atoms with E-state index in [1.165, 1.54) is 7.11 Å². The molecular weight excluding hydrogens is 294 g/mol. The van der Waals surface area contributed by atoms with Crippen LogP contribution in [0.25, 0.3) is 0 Å². The standard InChI is InChI=1S/C17H19N3O3/c1-11(2)19-16(21)15-10-14(7-8-18-15)20-13-6-4-5-12(9-13)17(22)23-3/h4-11H,1-3H3,(H,18,20)(H,19,21). The molecular formula is C17H19N3O3. The number of aromatic nitrogens is 1. The number of methoxy groups -OCH3 is 1. The minimum atomic E-state index is -0.402. The van der Waals surface area contributed by atoms with Gasteiger partial charge in [0, 0.05) is 23.6 Å². The summed E-state index contributed by atoms with van der Waals surface area (Å²) in [5.74, 6) is -0.632. The molecule has 0 fully saturated rings. The lowest BCUT2D eigenvalue weighted by atomic mass is 10.2. The number of rotatable bonds is 5. The van der Waals surface area contributed by atoms with Gasteiger partial charge in [-0.15, -0.1) is 0 Å². The number of carbonyl (C=O) groups excluding carboxylic acids is 2. The molecule has 0 bridgehead atoms. The third-order valence-corrected chi connectivity index (χ3v) is 2.98. The van der Waals surface area contributed by atoms with Gasteiger partial charge in [-0.1, -0.05) is 6.07 Å². The van der Waals surface area contributed by atoms with E-state index in [1.54, 1.807) is 36.5 Å².